The van der Waals surface area contributed by atoms with Crippen molar-refractivity contribution in [2.24, 2.45) is 5.16 Å². The molecular formula is C21H20N2O4S. The van der Waals surface area contributed by atoms with Gasteiger partial charge in [0.25, 0.3) is 0 Å². The van der Waals surface area contributed by atoms with Crippen molar-refractivity contribution in [3.05, 3.63) is 76.2 Å². The second-order valence-electron chi connectivity index (χ2n) is 5.92. The number of para-hydroxylation sites is 1. The summed E-state index contributed by atoms with van der Waals surface area (Å²) in [5.74, 6) is 0.246. The fourth-order valence-electron chi connectivity index (χ4n) is 2.81. The van der Waals surface area contributed by atoms with Gasteiger partial charge in [0.05, 0.1) is 24.7 Å². The number of thiophene rings is 1. The van der Waals surface area contributed by atoms with Crippen molar-refractivity contribution < 1.29 is 19.5 Å². The van der Waals surface area contributed by atoms with Crippen molar-refractivity contribution in [2.45, 2.75) is 6.92 Å². The minimum absolute atomic E-state index is 0.372. The highest BCUT2D eigenvalue weighted by molar-refractivity contribution is 7.19. The second kappa shape index (κ2) is 8.58. The number of nitrogens with zero attached hydrogens (tertiary/aromatic N) is 1. The average molecular weight is 396 g/mol. The van der Waals surface area contributed by atoms with Crippen LogP contribution in [0, 0.1) is 6.92 Å². The fraction of sp³-hybridized carbons (Fsp3) is 0.143. The van der Waals surface area contributed by atoms with Crippen LogP contribution in [0.5, 0.6) is 5.75 Å². The number of nitrogens with one attached hydrogen (secondary N) is 1. The molecule has 0 unspecified atom stereocenters. The highest BCUT2D eigenvalue weighted by Crippen LogP contribution is 2.37. The number of hydrogen-bond donors (Lipinski definition) is 2. The Kier molecular flexibility index (Phi) is 5.96. The maximum Gasteiger partial charge on any atom is 0.341 e. The number of oxime groups is 1. The van der Waals surface area contributed by atoms with Gasteiger partial charge < -0.3 is 20.0 Å². The summed E-state index contributed by atoms with van der Waals surface area (Å²) in [7, 11) is 2.93. The van der Waals surface area contributed by atoms with Crippen molar-refractivity contribution in [2.75, 3.05) is 19.5 Å². The van der Waals surface area contributed by atoms with Crippen LogP contribution in [0.15, 0.2) is 59.8 Å². The van der Waals surface area contributed by atoms with E-state index in [1.807, 2.05) is 37.3 Å². The topological polar surface area (TPSA) is 80.2 Å². The lowest BCUT2D eigenvalue weighted by Gasteiger charge is -2.06. The summed E-state index contributed by atoms with van der Waals surface area (Å²) in [6.07, 6.45) is 0. The molecule has 3 aromatic rings. The van der Waals surface area contributed by atoms with E-state index in [0.29, 0.717) is 38.0 Å². The molecule has 0 radical (unpaired) electrons. The Morgan fingerprint density at radius 1 is 1.07 bits per heavy atom. The normalized spacial score (nSPS) is 11.2. The third-order valence-corrected chi connectivity index (χ3v) is 5.46. The molecule has 2 aromatic carbocycles. The first kappa shape index (κ1) is 19.4. The molecule has 6 nitrogen and oxygen atoms in total. The maximum atomic E-state index is 12.4. The molecule has 0 aliphatic rings. The lowest BCUT2D eigenvalue weighted by atomic mass is 10.0. The summed E-state index contributed by atoms with van der Waals surface area (Å²) < 4.78 is 10.1. The van der Waals surface area contributed by atoms with E-state index in [2.05, 4.69) is 10.5 Å². The first-order valence-corrected chi connectivity index (χ1v) is 9.31. The van der Waals surface area contributed by atoms with Gasteiger partial charge in [0.2, 0.25) is 0 Å². The molecule has 7 heteroatoms. The number of esters is 1. The van der Waals surface area contributed by atoms with Gasteiger partial charge in [-0.1, -0.05) is 23.4 Å². The molecule has 0 saturated heterocycles. The van der Waals surface area contributed by atoms with Crippen LogP contribution in [-0.4, -0.2) is 31.1 Å². The van der Waals surface area contributed by atoms with Gasteiger partial charge in [-0.25, -0.2) is 4.79 Å². The Morgan fingerprint density at radius 3 is 2.32 bits per heavy atom. The lowest BCUT2D eigenvalue weighted by Crippen LogP contribution is -2.07. The van der Waals surface area contributed by atoms with Crippen molar-refractivity contribution >= 4 is 33.7 Å². The Bertz CT molecular complexity index is 995. The van der Waals surface area contributed by atoms with Gasteiger partial charge in [-0.05, 0) is 48.9 Å². The van der Waals surface area contributed by atoms with Gasteiger partial charge in [0.15, 0.2) is 0 Å². The predicted octanol–water partition coefficient (Wildman–Crippen LogP) is 4.82. The zero-order chi connectivity index (χ0) is 20.1. The molecule has 0 aliphatic carbocycles. The van der Waals surface area contributed by atoms with Crippen molar-refractivity contribution in [3.63, 3.8) is 0 Å². The maximum absolute atomic E-state index is 12.4. The van der Waals surface area contributed by atoms with E-state index < -0.39 is 5.97 Å². The van der Waals surface area contributed by atoms with E-state index in [-0.39, 0.29) is 0 Å². The van der Waals surface area contributed by atoms with E-state index in [9.17, 15) is 10.0 Å². The molecular weight excluding hydrogens is 376 g/mol. The van der Waals surface area contributed by atoms with Crippen molar-refractivity contribution in [1.29, 1.82) is 0 Å². The monoisotopic (exact) mass is 396 g/mol. The van der Waals surface area contributed by atoms with Crippen LogP contribution in [0.1, 0.15) is 26.4 Å². The fourth-order valence-corrected chi connectivity index (χ4v) is 4.03. The Hall–Kier alpha value is -3.32. The van der Waals surface area contributed by atoms with Crippen LogP contribution >= 0.6 is 11.3 Å². The minimum atomic E-state index is -0.453. The molecule has 2 N–H and O–H groups in total. The van der Waals surface area contributed by atoms with Gasteiger partial charge in [0, 0.05) is 11.3 Å². The van der Waals surface area contributed by atoms with Crippen LogP contribution in [0.2, 0.25) is 0 Å². The zero-order valence-electron chi connectivity index (χ0n) is 15.7. The Balaban J connectivity index is 2.08. The third-order valence-electron chi connectivity index (χ3n) is 4.25. The van der Waals surface area contributed by atoms with Gasteiger partial charge in [-0.3, -0.25) is 0 Å². The number of benzene rings is 2. The summed E-state index contributed by atoms with van der Waals surface area (Å²) in [4.78, 5) is 13.1. The molecule has 1 heterocycles. The molecule has 0 bridgehead atoms. The summed E-state index contributed by atoms with van der Waals surface area (Å²) in [6, 6.07) is 16.7. The quantitative estimate of drug-likeness (QED) is 0.270. The number of carbonyl (C=O) groups is 1. The summed E-state index contributed by atoms with van der Waals surface area (Å²) in [5.41, 5.74) is 3.01. The molecule has 0 saturated carbocycles. The molecule has 0 atom stereocenters. The van der Waals surface area contributed by atoms with E-state index in [4.69, 9.17) is 9.47 Å². The molecule has 0 fully saturated rings. The summed E-state index contributed by atoms with van der Waals surface area (Å²) >= 11 is 1.33. The minimum Gasteiger partial charge on any atom is -0.497 e. The van der Waals surface area contributed by atoms with Crippen molar-refractivity contribution in [3.8, 4) is 5.75 Å². The molecule has 3 rings (SSSR count). The van der Waals surface area contributed by atoms with Crippen molar-refractivity contribution in [1.82, 2.24) is 0 Å². The predicted molar refractivity (Wildman–Crippen MR) is 111 cm³/mol. The largest absolute Gasteiger partial charge is 0.497 e. The first-order chi connectivity index (χ1) is 13.6. The smallest absolute Gasteiger partial charge is 0.341 e. The van der Waals surface area contributed by atoms with Gasteiger partial charge in [0.1, 0.15) is 16.5 Å². The van der Waals surface area contributed by atoms with E-state index in [0.717, 1.165) is 5.69 Å². The van der Waals surface area contributed by atoms with Crippen LogP contribution in [0.25, 0.3) is 0 Å². The first-order valence-electron chi connectivity index (χ1n) is 8.49. The SMILES string of the molecule is COC(=O)c1c(Nc2ccccc2)sc(/C(=N/O)c2ccc(OC)cc2)c1C. The number of anilines is 2. The standard InChI is InChI=1S/C21H20N2O4S/c1-13-17(21(24)27-3)20(22-15-7-5-4-6-8-15)28-19(13)18(23-25)14-9-11-16(26-2)12-10-14/h4-12,22,25H,1-3H3/b23-18+. The van der Waals surface area contributed by atoms with Crippen LogP contribution in [-0.2, 0) is 4.74 Å². The number of hydrogen-bond acceptors (Lipinski definition) is 7. The number of carbonyl (C=O) groups excluding carboxylic acids is 1. The molecule has 28 heavy (non-hydrogen) atoms. The highest BCUT2D eigenvalue weighted by Gasteiger charge is 2.25. The lowest BCUT2D eigenvalue weighted by molar-refractivity contribution is 0.0601. The zero-order valence-corrected chi connectivity index (χ0v) is 16.5. The number of rotatable bonds is 6. The van der Waals surface area contributed by atoms with Gasteiger partial charge in [-0.2, -0.15) is 0 Å². The number of methoxy groups -OCH3 is 2. The van der Waals surface area contributed by atoms with Gasteiger partial charge >= 0.3 is 5.97 Å². The van der Waals surface area contributed by atoms with Gasteiger partial charge in [-0.15, -0.1) is 11.3 Å². The number of ether oxygens (including phenoxy) is 2. The molecule has 1 aromatic heterocycles. The van der Waals surface area contributed by atoms with E-state index in [1.54, 1.807) is 31.4 Å². The third kappa shape index (κ3) is 3.84. The highest BCUT2D eigenvalue weighted by atomic mass is 32.1. The molecule has 0 amide bonds. The van der Waals surface area contributed by atoms with Crippen LogP contribution in [0.3, 0.4) is 0 Å². The summed E-state index contributed by atoms with van der Waals surface area (Å²) in [6.45, 7) is 1.81. The molecule has 0 spiro atoms. The van der Waals surface area contributed by atoms with Crippen LogP contribution < -0.4 is 10.1 Å². The Labute approximate surface area is 167 Å². The summed E-state index contributed by atoms with van der Waals surface area (Å²) in [5, 5.41) is 17.1. The average Bonchev–Trinajstić information content (AvgIpc) is 3.05. The Morgan fingerprint density at radius 2 is 1.75 bits per heavy atom. The van der Waals surface area contributed by atoms with E-state index >= 15 is 0 Å². The second-order valence-corrected chi connectivity index (χ2v) is 6.94. The van der Waals surface area contributed by atoms with Crippen LogP contribution in [0.4, 0.5) is 10.7 Å². The van der Waals surface area contributed by atoms with E-state index in [1.165, 1.54) is 18.4 Å². The molecule has 144 valence electrons. The molecule has 0 aliphatic heterocycles.